The lowest BCUT2D eigenvalue weighted by atomic mass is 9.94. The molecular weight excluding hydrogens is 184 g/mol. The van der Waals surface area contributed by atoms with Crippen LogP contribution < -0.4 is 5.32 Å². The molecule has 0 aromatic carbocycles. The number of hydrogen-bond acceptors (Lipinski definition) is 2. The van der Waals surface area contributed by atoms with Gasteiger partial charge in [0.25, 0.3) is 0 Å². The number of hydrogen-bond donors (Lipinski definition) is 1. The third-order valence-electron chi connectivity index (χ3n) is 3.26. The summed E-state index contributed by atoms with van der Waals surface area (Å²) in [7, 11) is 0. The van der Waals surface area contributed by atoms with Gasteiger partial charge in [0.2, 0.25) is 0 Å². The zero-order valence-electron chi connectivity index (χ0n) is 9.61. The van der Waals surface area contributed by atoms with E-state index in [0.29, 0.717) is 12.0 Å². The first-order chi connectivity index (χ1) is 7.33. The van der Waals surface area contributed by atoms with E-state index in [0.717, 1.165) is 12.5 Å². The topological polar surface area (TPSA) is 24.9 Å². The van der Waals surface area contributed by atoms with Crippen molar-refractivity contribution in [3.63, 3.8) is 0 Å². The lowest BCUT2D eigenvalue weighted by Crippen LogP contribution is -2.35. The predicted molar refractivity (Wildman–Crippen MR) is 62.8 cm³/mol. The molecule has 1 fully saturated rings. The van der Waals surface area contributed by atoms with Crippen molar-refractivity contribution in [3.05, 3.63) is 30.1 Å². The Morgan fingerprint density at radius 2 is 2.27 bits per heavy atom. The molecule has 1 heterocycles. The Bertz CT molecular complexity index is 293. The second-order valence-corrected chi connectivity index (χ2v) is 4.46. The van der Waals surface area contributed by atoms with Crippen LogP contribution in [0.4, 0.5) is 0 Å². The van der Waals surface area contributed by atoms with Crippen LogP contribution >= 0.6 is 0 Å². The summed E-state index contributed by atoms with van der Waals surface area (Å²) in [5.74, 6) is 1.40. The Hall–Kier alpha value is -0.890. The third kappa shape index (κ3) is 2.57. The van der Waals surface area contributed by atoms with Crippen molar-refractivity contribution in [1.82, 2.24) is 10.3 Å². The van der Waals surface area contributed by atoms with Crippen LogP contribution in [0, 0.1) is 5.92 Å². The molecule has 0 saturated heterocycles. The predicted octanol–water partition coefficient (Wildman–Crippen LogP) is 2.57. The molecule has 1 aromatic heterocycles. The minimum absolute atomic E-state index is 0.527. The van der Waals surface area contributed by atoms with Gasteiger partial charge in [-0.15, -0.1) is 0 Å². The summed E-state index contributed by atoms with van der Waals surface area (Å²) in [6.45, 7) is 5.52. The first-order valence-electron chi connectivity index (χ1n) is 5.97. The highest BCUT2D eigenvalue weighted by Crippen LogP contribution is 2.38. The largest absolute Gasteiger partial charge is 0.313 e. The monoisotopic (exact) mass is 204 g/mol. The van der Waals surface area contributed by atoms with E-state index in [2.05, 4.69) is 36.3 Å². The molecule has 1 N–H and O–H groups in total. The molecule has 2 heteroatoms. The first kappa shape index (κ1) is 10.6. The van der Waals surface area contributed by atoms with Crippen molar-refractivity contribution >= 4 is 0 Å². The Morgan fingerprint density at radius 3 is 2.80 bits per heavy atom. The molecule has 1 saturated carbocycles. The highest BCUT2D eigenvalue weighted by molar-refractivity contribution is 5.12. The number of nitrogens with one attached hydrogen (secondary N) is 1. The molecule has 0 aliphatic heterocycles. The normalized spacial score (nSPS) is 19.9. The molecule has 0 radical (unpaired) electrons. The van der Waals surface area contributed by atoms with Gasteiger partial charge in [0.05, 0.1) is 0 Å². The third-order valence-corrected chi connectivity index (χ3v) is 3.26. The molecule has 15 heavy (non-hydrogen) atoms. The second-order valence-electron chi connectivity index (χ2n) is 4.46. The summed E-state index contributed by atoms with van der Waals surface area (Å²) in [4.78, 5) is 4.45. The smallest absolute Gasteiger partial charge is 0.0447 e. The zero-order valence-corrected chi connectivity index (χ0v) is 9.61. The maximum Gasteiger partial charge on any atom is 0.0447 e. The summed E-state index contributed by atoms with van der Waals surface area (Å²) in [5.41, 5.74) is 1.22. The van der Waals surface area contributed by atoms with Crippen LogP contribution in [0.5, 0.6) is 0 Å². The van der Waals surface area contributed by atoms with E-state index in [1.54, 1.807) is 0 Å². The molecule has 0 bridgehead atoms. The van der Waals surface area contributed by atoms with Crippen LogP contribution in [0.1, 0.15) is 38.3 Å². The van der Waals surface area contributed by atoms with E-state index in [9.17, 15) is 0 Å². The van der Waals surface area contributed by atoms with Crippen molar-refractivity contribution in [3.8, 4) is 0 Å². The second kappa shape index (κ2) is 4.75. The van der Waals surface area contributed by atoms with Crippen molar-refractivity contribution in [2.24, 2.45) is 5.92 Å². The fourth-order valence-corrected chi connectivity index (χ4v) is 2.27. The zero-order chi connectivity index (χ0) is 10.7. The average molecular weight is 204 g/mol. The van der Waals surface area contributed by atoms with E-state index in [-0.39, 0.29) is 0 Å². The van der Waals surface area contributed by atoms with Gasteiger partial charge < -0.3 is 5.32 Å². The van der Waals surface area contributed by atoms with Gasteiger partial charge in [0, 0.05) is 23.9 Å². The fraction of sp³-hybridized carbons (Fsp3) is 0.615. The Labute approximate surface area is 92.1 Å². The fourth-order valence-electron chi connectivity index (χ4n) is 2.27. The van der Waals surface area contributed by atoms with Gasteiger partial charge in [-0.3, -0.25) is 4.98 Å². The molecule has 82 valence electrons. The minimum Gasteiger partial charge on any atom is -0.313 e. The molecule has 1 aromatic rings. The van der Waals surface area contributed by atoms with E-state index in [1.165, 1.54) is 18.5 Å². The molecule has 0 amide bonds. The van der Waals surface area contributed by atoms with E-state index in [1.807, 2.05) is 12.3 Å². The van der Waals surface area contributed by atoms with Gasteiger partial charge in [0.1, 0.15) is 0 Å². The van der Waals surface area contributed by atoms with Gasteiger partial charge >= 0.3 is 0 Å². The van der Waals surface area contributed by atoms with Gasteiger partial charge in [-0.25, -0.2) is 0 Å². The maximum absolute atomic E-state index is 4.45. The Kier molecular flexibility index (Phi) is 3.37. The summed E-state index contributed by atoms with van der Waals surface area (Å²) in [6, 6.07) is 6.81. The van der Waals surface area contributed by atoms with Crippen LogP contribution in [0.25, 0.3) is 0 Å². The number of rotatable bonds is 5. The lowest BCUT2D eigenvalue weighted by Gasteiger charge is -2.24. The molecular formula is C13H20N2. The lowest BCUT2D eigenvalue weighted by molar-refractivity contribution is 0.411. The summed E-state index contributed by atoms with van der Waals surface area (Å²) in [6.07, 6.45) is 4.66. The Morgan fingerprint density at radius 1 is 1.47 bits per heavy atom. The van der Waals surface area contributed by atoms with Crippen LogP contribution in [-0.4, -0.2) is 17.6 Å². The minimum atomic E-state index is 0.527. The summed E-state index contributed by atoms with van der Waals surface area (Å²) < 4.78 is 0. The van der Waals surface area contributed by atoms with Crippen molar-refractivity contribution in [2.45, 2.75) is 38.6 Å². The van der Waals surface area contributed by atoms with Crippen molar-refractivity contribution in [1.29, 1.82) is 0 Å². The summed E-state index contributed by atoms with van der Waals surface area (Å²) in [5, 5.41) is 3.60. The molecule has 0 spiro atoms. The highest BCUT2D eigenvalue weighted by atomic mass is 14.9. The SMILES string of the molecule is CCNC(C1CC1)C(C)c1ccccn1. The quantitative estimate of drug-likeness (QED) is 0.797. The van der Waals surface area contributed by atoms with E-state index < -0.39 is 0 Å². The van der Waals surface area contributed by atoms with Gasteiger partial charge in [-0.2, -0.15) is 0 Å². The molecule has 2 rings (SSSR count). The molecule has 1 aliphatic rings. The van der Waals surface area contributed by atoms with Crippen molar-refractivity contribution < 1.29 is 0 Å². The van der Waals surface area contributed by atoms with Crippen LogP contribution in [0.2, 0.25) is 0 Å². The van der Waals surface area contributed by atoms with Crippen molar-refractivity contribution in [2.75, 3.05) is 6.54 Å². The van der Waals surface area contributed by atoms with E-state index in [4.69, 9.17) is 0 Å². The van der Waals surface area contributed by atoms with Crippen LogP contribution in [0.3, 0.4) is 0 Å². The highest BCUT2D eigenvalue weighted by Gasteiger charge is 2.34. The summed E-state index contributed by atoms with van der Waals surface area (Å²) >= 11 is 0. The van der Waals surface area contributed by atoms with Crippen LogP contribution in [-0.2, 0) is 0 Å². The molecule has 2 nitrogen and oxygen atoms in total. The van der Waals surface area contributed by atoms with Gasteiger partial charge in [-0.1, -0.05) is 19.9 Å². The number of aromatic nitrogens is 1. The maximum atomic E-state index is 4.45. The van der Waals surface area contributed by atoms with E-state index >= 15 is 0 Å². The molecule has 1 aliphatic carbocycles. The Balaban J connectivity index is 2.07. The van der Waals surface area contributed by atoms with Crippen LogP contribution in [0.15, 0.2) is 24.4 Å². The number of likely N-dealkylation sites (N-methyl/N-ethyl adjacent to an activating group) is 1. The average Bonchev–Trinajstić information content (AvgIpc) is 3.10. The number of pyridine rings is 1. The molecule has 2 atom stereocenters. The first-order valence-corrected chi connectivity index (χ1v) is 5.97. The van der Waals surface area contributed by atoms with Gasteiger partial charge in [-0.05, 0) is 37.4 Å². The molecule has 2 unspecified atom stereocenters. The standard InChI is InChI=1S/C13H20N2/c1-3-14-13(11-7-8-11)10(2)12-6-4-5-9-15-12/h4-6,9-11,13-14H,3,7-8H2,1-2H3. The number of nitrogens with zero attached hydrogens (tertiary/aromatic N) is 1. The van der Waals surface area contributed by atoms with Gasteiger partial charge in [0.15, 0.2) is 0 Å².